The van der Waals surface area contributed by atoms with E-state index in [0.29, 0.717) is 38.0 Å². The number of piperidine rings is 1. The van der Waals surface area contributed by atoms with Crippen LogP contribution in [0.4, 0.5) is 33.5 Å². The molecule has 1 aromatic carbocycles. The van der Waals surface area contributed by atoms with Crippen LogP contribution >= 0.6 is 0 Å². The van der Waals surface area contributed by atoms with E-state index in [9.17, 15) is 9.18 Å². The van der Waals surface area contributed by atoms with E-state index < -0.39 is 5.82 Å². The first-order valence-electron chi connectivity index (χ1n) is 12.4. The van der Waals surface area contributed by atoms with E-state index in [2.05, 4.69) is 30.3 Å². The number of nitrogens with zero attached hydrogens (tertiary/aromatic N) is 7. The molecular formula is C24H30FN9O3. The number of carbonyl (C=O) groups excluding carboxylic acids is 1. The molecule has 3 N–H and O–H groups in total. The monoisotopic (exact) mass is 511 g/mol. The van der Waals surface area contributed by atoms with Gasteiger partial charge in [0.15, 0.2) is 5.82 Å². The lowest BCUT2D eigenvalue weighted by molar-refractivity contribution is -0.148. The molecule has 0 radical (unpaired) electrons. The van der Waals surface area contributed by atoms with Crippen LogP contribution in [0.25, 0.3) is 5.82 Å². The summed E-state index contributed by atoms with van der Waals surface area (Å²) in [6.45, 7) is 6.10. The third-order valence-electron chi connectivity index (χ3n) is 6.43. The zero-order valence-corrected chi connectivity index (χ0v) is 20.6. The summed E-state index contributed by atoms with van der Waals surface area (Å²) in [6.07, 6.45) is 3.04. The number of ether oxygens (including phenoxy) is 2. The van der Waals surface area contributed by atoms with Gasteiger partial charge in [0.2, 0.25) is 11.9 Å². The van der Waals surface area contributed by atoms with E-state index in [1.807, 2.05) is 11.0 Å². The topological polar surface area (TPSA) is 137 Å². The molecule has 2 fully saturated rings. The molecule has 0 spiro atoms. The maximum Gasteiger partial charge on any atom is 0.310 e. The fourth-order valence-corrected chi connectivity index (χ4v) is 4.55. The Labute approximate surface area is 213 Å². The van der Waals surface area contributed by atoms with Gasteiger partial charge in [-0.15, -0.1) is 5.10 Å². The molecule has 0 saturated carbocycles. The van der Waals surface area contributed by atoms with Gasteiger partial charge >= 0.3 is 5.97 Å². The fourth-order valence-electron chi connectivity index (χ4n) is 4.55. The molecule has 1 unspecified atom stereocenters. The number of esters is 1. The van der Waals surface area contributed by atoms with Crippen molar-refractivity contribution in [3.05, 3.63) is 36.4 Å². The number of nitrogens with one attached hydrogen (secondary N) is 1. The van der Waals surface area contributed by atoms with Crippen molar-refractivity contribution in [3.63, 3.8) is 0 Å². The number of hydrogen-bond acceptors (Lipinski definition) is 11. The number of benzene rings is 1. The number of carbonyl (C=O) groups is 1. The smallest absolute Gasteiger partial charge is 0.310 e. The molecule has 37 heavy (non-hydrogen) atoms. The third kappa shape index (κ3) is 5.56. The number of anilines is 5. The summed E-state index contributed by atoms with van der Waals surface area (Å²) in [4.78, 5) is 29.2. The summed E-state index contributed by atoms with van der Waals surface area (Å²) >= 11 is 0. The molecule has 2 aromatic heterocycles. The zero-order chi connectivity index (χ0) is 25.8. The lowest BCUT2D eigenvalue weighted by Gasteiger charge is -2.32. The average molecular weight is 512 g/mol. The molecule has 0 amide bonds. The van der Waals surface area contributed by atoms with Crippen LogP contribution in [0, 0.1) is 11.7 Å². The molecular weight excluding hydrogens is 481 g/mol. The van der Waals surface area contributed by atoms with Crippen LogP contribution in [0.15, 0.2) is 30.6 Å². The predicted octanol–water partition coefficient (Wildman–Crippen LogP) is 2.14. The zero-order valence-electron chi connectivity index (χ0n) is 20.6. The van der Waals surface area contributed by atoms with Crippen molar-refractivity contribution in [3.8, 4) is 5.82 Å². The molecule has 5 rings (SSSR count). The molecule has 2 saturated heterocycles. The Kier molecular flexibility index (Phi) is 7.30. The Bertz CT molecular complexity index is 1250. The summed E-state index contributed by atoms with van der Waals surface area (Å²) in [5.41, 5.74) is 7.14. The maximum absolute atomic E-state index is 14.8. The maximum atomic E-state index is 14.8. The highest BCUT2D eigenvalue weighted by atomic mass is 19.1. The molecule has 196 valence electrons. The van der Waals surface area contributed by atoms with Crippen LogP contribution in [0.1, 0.15) is 19.8 Å². The number of morpholine rings is 1. The molecule has 0 aliphatic carbocycles. The summed E-state index contributed by atoms with van der Waals surface area (Å²) in [7, 11) is 0. The van der Waals surface area contributed by atoms with Crippen LogP contribution < -0.4 is 20.9 Å². The first-order chi connectivity index (χ1) is 18.0. The van der Waals surface area contributed by atoms with Gasteiger partial charge in [-0.25, -0.2) is 14.4 Å². The molecule has 2 aliphatic heterocycles. The average Bonchev–Trinajstić information content (AvgIpc) is 3.30. The minimum absolute atomic E-state index is 0.0838. The van der Waals surface area contributed by atoms with Crippen molar-refractivity contribution in [1.82, 2.24) is 24.7 Å². The number of aromatic nitrogens is 5. The second kappa shape index (κ2) is 10.9. The van der Waals surface area contributed by atoms with Crippen LogP contribution in [-0.2, 0) is 14.3 Å². The Hall–Kier alpha value is -4.00. The van der Waals surface area contributed by atoms with Gasteiger partial charge in [-0.2, -0.15) is 9.67 Å². The van der Waals surface area contributed by atoms with Crippen LogP contribution in [0.5, 0.6) is 0 Å². The third-order valence-corrected chi connectivity index (χ3v) is 6.43. The Morgan fingerprint density at radius 1 is 1.19 bits per heavy atom. The first kappa shape index (κ1) is 24.7. The Morgan fingerprint density at radius 3 is 2.78 bits per heavy atom. The molecule has 0 bridgehead atoms. The van der Waals surface area contributed by atoms with Crippen molar-refractivity contribution in [2.24, 2.45) is 5.92 Å². The predicted molar refractivity (Wildman–Crippen MR) is 136 cm³/mol. The molecule has 4 heterocycles. The highest BCUT2D eigenvalue weighted by molar-refractivity contribution is 5.73. The number of rotatable bonds is 7. The molecule has 12 nitrogen and oxygen atoms in total. The highest BCUT2D eigenvalue weighted by Crippen LogP contribution is 2.27. The lowest BCUT2D eigenvalue weighted by Crippen LogP contribution is -2.40. The van der Waals surface area contributed by atoms with Gasteiger partial charge in [0.25, 0.3) is 0 Å². The van der Waals surface area contributed by atoms with Crippen LogP contribution in [-0.4, -0.2) is 76.7 Å². The number of hydrogen-bond donors (Lipinski definition) is 2. The van der Waals surface area contributed by atoms with Gasteiger partial charge in [0.05, 0.1) is 31.4 Å². The van der Waals surface area contributed by atoms with Crippen molar-refractivity contribution in [1.29, 1.82) is 0 Å². The number of nitrogens with two attached hydrogens (primary N) is 1. The number of nitrogen functional groups attached to an aromatic ring is 1. The summed E-state index contributed by atoms with van der Waals surface area (Å²) < 4.78 is 26.8. The number of halogens is 1. The minimum atomic E-state index is -0.426. The van der Waals surface area contributed by atoms with Crippen LogP contribution in [0.3, 0.4) is 0 Å². The Morgan fingerprint density at radius 2 is 2.00 bits per heavy atom. The molecule has 3 aromatic rings. The molecule has 2 aliphatic rings. The lowest BCUT2D eigenvalue weighted by atomic mass is 9.98. The molecule has 13 heteroatoms. The van der Waals surface area contributed by atoms with E-state index in [1.54, 1.807) is 19.1 Å². The van der Waals surface area contributed by atoms with Gasteiger partial charge in [0, 0.05) is 37.9 Å². The second-order valence-corrected chi connectivity index (χ2v) is 8.87. The standard InChI is InChI=1S/C24H30FN9O3/c1-2-37-22(35)16-4-3-7-33(14-16)20-13-21(28-15-27-20)34-23(26)30-24(31-34)29-19-6-5-17(12-18(19)25)32-8-10-36-11-9-32/h5-6,12-13,15-16H,2-4,7-11,14H2,1H3,(H3,26,29,30,31). The molecule has 1 atom stereocenters. The summed E-state index contributed by atoms with van der Waals surface area (Å²) in [5.74, 6) is 0.450. The highest BCUT2D eigenvalue weighted by Gasteiger charge is 2.28. The van der Waals surface area contributed by atoms with E-state index in [4.69, 9.17) is 15.2 Å². The van der Waals surface area contributed by atoms with Gasteiger partial charge in [-0.1, -0.05) is 0 Å². The van der Waals surface area contributed by atoms with Crippen molar-refractivity contribution in [2.75, 3.05) is 66.8 Å². The van der Waals surface area contributed by atoms with Gasteiger partial charge in [-0.05, 0) is 38.0 Å². The Balaban J connectivity index is 1.30. The summed E-state index contributed by atoms with van der Waals surface area (Å²) in [6, 6.07) is 6.71. The van der Waals surface area contributed by atoms with Crippen molar-refractivity contribution < 1.29 is 18.7 Å². The van der Waals surface area contributed by atoms with Gasteiger partial charge < -0.3 is 30.3 Å². The minimum Gasteiger partial charge on any atom is -0.466 e. The first-order valence-corrected chi connectivity index (χ1v) is 12.4. The van der Waals surface area contributed by atoms with E-state index in [0.717, 1.165) is 38.2 Å². The van der Waals surface area contributed by atoms with Crippen molar-refractivity contribution in [2.45, 2.75) is 19.8 Å². The largest absolute Gasteiger partial charge is 0.466 e. The normalized spacial score (nSPS) is 18.1. The van der Waals surface area contributed by atoms with E-state index >= 15 is 0 Å². The summed E-state index contributed by atoms with van der Waals surface area (Å²) in [5, 5.41) is 7.27. The van der Waals surface area contributed by atoms with Gasteiger partial charge in [0.1, 0.15) is 18.0 Å². The van der Waals surface area contributed by atoms with E-state index in [-0.39, 0.29) is 29.5 Å². The van der Waals surface area contributed by atoms with Crippen molar-refractivity contribution >= 4 is 35.1 Å². The second-order valence-electron chi connectivity index (χ2n) is 8.87. The quantitative estimate of drug-likeness (QED) is 0.451. The van der Waals surface area contributed by atoms with Crippen LogP contribution in [0.2, 0.25) is 0 Å². The van der Waals surface area contributed by atoms with Gasteiger partial charge in [-0.3, -0.25) is 4.79 Å². The SMILES string of the molecule is CCOC(=O)C1CCCN(c2cc(-n3nc(Nc4ccc(N5CCOCC5)cc4F)nc3N)ncn2)C1. The fraction of sp³-hybridized carbons (Fsp3) is 0.458. The van der Waals surface area contributed by atoms with E-state index in [1.165, 1.54) is 17.1 Å².